The number of aromatic nitrogens is 4. The maximum atomic E-state index is 12.8. The van der Waals surface area contributed by atoms with E-state index in [0.29, 0.717) is 24.5 Å². The lowest BCUT2D eigenvalue weighted by Gasteiger charge is -2.33. The van der Waals surface area contributed by atoms with Gasteiger partial charge in [-0.2, -0.15) is 0 Å². The third-order valence-corrected chi connectivity index (χ3v) is 5.16. The number of anilines is 1. The Morgan fingerprint density at radius 1 is 1.21 bits per heavy atom. The van der Waals surface area contributed by atoms with Gasteiger partial charge in [0.05, 0.1) is 6.54 Å². The van der Waals surface area contributed by atoms with Gasteiger partial charge in [0, 0.05) is 30.8 Å². The van der Waals surface area contributed by atoms with E-state index in [-0.39, 0.29) is 11.9 Å². The minimum Gasteiger partial charge on any atom is -0.347 e. The monoisotopic (exact) mass is 326 g/mol. The molecule has 0 spiro atoms. The van der Waals surface area contributed by atoms with Crippen molar-refractivity contribution in [3.63, 3.8) is 0 Å². The summed E-state index contributed by atoms with van der Waals surface area (Å²) in [4.78, 5) is 31.0. The Labute approximate surface area is 140 Å². The molecule has 1 saturated carbocycles. The van der Waals surface area contributed by atoms with Gasteiger partial charge >= 0.3 is 0 Å². The van der Waals surface area contributed by atoms with E-state index in [1.165, 1.54) is 19.3 Å². The van der Waals surface area contributed by atoms with Crippen molar-refractivity contribution in [3.8, 4) is 0 Å². The van der Waals surface area contributed by atoms with E-state index in [1.54, 1.807) is 24.8 Å². The lowest BCUT2D eigenvalue weighted by Crippen LogP contribution is -2.47. The number of hydrogen-bond acceptors (Lipinski definition) is 5. The average molecular weight is 326 g/mol. The molecule has 126 valence electrons. The molecule has 3 heterocycles. The first kappa shape index (κ1) is 15.1. The molecular weight excluding hydrogens is 304 g/mol. The quantitative estimate of drug-likeness (QED) is 0.892. The van der Waals surface area contributed by atoms with Crippen LogP contribution >= 0.6 is 0 Å². The summed E-state index contributed by atoms with van der Waals surface area (Å²) in [5.41, 5.74) is 0. The van der Waals surface area contributed by atoms with Gasteiger partial charge in [0.1, 0.15) is 11.9 Å². The molecule has 0 unspecified atom stereocenters. The zero-order chi connectivity index (χ0) is 16.4. The van der Waals surface area contributed by atoms with E-state index in [9.17, 15) is 4.79 Å². The summed E-state index contributed by atoms with van der Waals surface area (Å²) in [5, 5.41) is 3.01. The second-order valence-electron chi connectivity index (χ2n) is 6.57. The number of nitrogens with zero attached hydrogens (tertiary/aromatic N) is 4. The molecule has 0 radical (unpaired) electrons. The number of nitrogens with one attached hydrogen (secondary N) is 2. The number of carbonyl (C=O) groups is 1. The molecule has 2 fully saturated rings. The first-order chi connectivity index (χ1) is 11.8. The highest BCUT2D eigenvalue weighted by molar-refractivity contribution is 5.85. The van der Waals surface area contributed by atoms with Crippen LogP contribution in [0.4, 0.5) is 5.95 Å². The summed E-state index contributed by atoms with van der Waals surface area (Å²) < 4.78 is 0. The summed E-state index contributed by atoms with van der Waals surface area (Å²) in [6.07, 6.45) is 12.6. The molecule has 4 rings (SSSR count). The van der Waals surface area contributed by atoms with Crippen molar-refractivity contribution in [1.82, 2.24) is 25.3 Å². The molecule has 3 atom stereocenters. The summed E-state index contributed by atoms with van der Waals surface area (Å²) in [5.74, 6) is 2.03. The van der Waals surface area contributed by atoms with Crippen LogP contribution in [0.25, 0.3) is 0 Å². The van der Waals surface area contributed by atoms with Gasteiger partial charge in [-0.25, -0.2) is 15.0 Å². The highest BCUT2D eigenvalue weighted by Gasteiger charge is 2.46. The lowest BCUT2D eigenvalue weighted by molar-refractivity contribution is -0.122. The van der Waals surface area contributed by atoms with Gasteiger partial charge in [-0.15, -0.1) is 0 Å². The van der Waals surface area contributed by atoms with Crippen molar-refractivity contribution < 1.29 is 4.79 Å². The Morgan fingerprint density at radius 2 is 2.04 bits per heavy atom. The molecule has 24 heavy (non-hydrogen) atoms. The molecule has 2 aromatic heterocycles. The summed E-state index contributed by atoms with van der Waals surface area (Å²) >= 11 is 0. The van der Waals surface area contributed by atoms with Crippen molar-refractivity contribution in [2.45, 2.75) is 50.7 Å². The molecule has 7 nitrogen and oxygen atoms in total. The van der Waals surface area contributed by atoms with E-state index in [2.05, 4.69) is 30.2 Å². The first-order valence-electron chi connectivity index (χ1n) is 8.64. The number of hydrogen-bond donors (Lipinski definition) is 2. The Bertz CT molecular complexity index is 674. The Morgan fingerprint density at radius 3 is 2.83 bits per heavy atom. The zero-order valence-electron chi connectivity index (χ0n) is 13.6. The van der Waals surface area contributed by atoms with Crippen molar-refractivity contribution >= 4 is 11.9 Å². The number of carbonyl (C=O) groups excluding carboxylic acids is 1. The van der Waals surface area contributed by atoms with E-state index in [4.69, 9.17) is 0 Å². The van der Waals surface area contributed by atoms with Crippen LogP contribution in [-0.2, 0) is 11.3 Å². The van der Waals surface area contributed by atoms with Crippen molar-refractivity contribution in [2.24, 2.45) is 5.92 Å². The molecule has 0 aromatic carbocycles. The van der Waals surface area contributed by atoms with Gasteiger partial charge < -0.3 is 15.2 Å². The van der Waals surface area contributed by atoms with Gasteiger partial charge in [-0.3, -0.25) is 4.79 Å². The van der Waals surface area contributed by atoms with Crippen LogP contribution in [0, 0.1) is 5.92 Å². The molecule has 1 amide bonds. The lowest BCUT2D eigenvalue weighted by atomic mass is 9.85. The van der Waals surface area contributed by atoms with E-state index in [0.717, 1.165) is 18.7 Å². The zero-order valence-corrected chi connectivity index (χ0v) is 13.6. The molecular formula is C17H22N6O. The Kier molecular flexibility index (Phi) is 4.15. The standard InChI is InChI=1S/C17H22N6O/c24-16(22-11-15-18-8-9-19-15)14-10-12-4-1-2-5-13(12)23(14)17-20-6-3-7-21-17/h3,6-9,12-14H,1-2,4-5,10-11H2,(H,18,19)(H,22,24)/t12-,13-,14-/m0/s1. The fourth-order valence-electron chi connectivity index (χ4n) is 4.09. The molecule has 2 aliphatic rings. The summed E-state index contributed by atoms with van der Waals surface area (Å²) in [7, 11) is 0. The van der Waals surface area contributed by atoms with Gasteiger partial charge in [-0.1, -0.05) is 12.8 Å². The number of amides is 1. The van der Waals surface area contributed by atoms with Crippen LogP contribution in [0.15, 0.2) is 30.9 Å². The maximum absolute atomic E-state index is 12.8. The van der Waals surface area contributed by atoms with Crippen molar-refractivity contribution in [3.05, 3.63) is 36.7 Å². The highest BCUT2D eigenvalue weighted by atomic mass is 16.2. The van der Waals surface area contributed by atoms with E-state index in [1.807, 2.05) is 6.07 Å². The van der Waals surface area contributed by atoms with Gasteiger partial charge in [-0.05, 0) is 31.2 Å². The van der Waals surface area contributed by atoms with Crippen LogP contribution in [0.3, 0.4) is 0 Å². The van der Waals surface area contributed by atoms with Gasteiger partial charge in [0.15, 0.2) is 0 Å². The number of rotatable bonds is 4. The SMILES string of the molecule is O=C(NCc1ncc[nH]1)[C@@H]1C[C@@H]2CCCC[C@@H]2N1c1ncccn1. The highest BCUT2D eigenvalue weighted by Crippen LogP contribution is 2.41. The molecule has 7 heteroatoms. The predicted octanol–water partition coefficient (Wildman–Crippen LogP) is 1.65. The maximum Gasteiger partial charge on any atom is 0.243 e. The molecule has 2 aromatic rings. The normalized spacial score (nSPS) is 26.2. The molecule has 0 bridgehead atoms. The van der Waals surface area contributed by atoms with E-state index < -0.39 is 0 Å². The number of H-pyrrole nitrogens is 1. The van der Waals surface area contributed by atoms with Crippen molar-refractivity contribution in [1.29, 1.82) is 0 Å². The Balaban J connectivity index is 1.54. The topological polar surface area (TPSA) is 86.8 Å². The fourth-order valence-corrected chi connectivity index (χ4v) is 4.09. The number of fused-ring (bicyclic) bond motifs is 1. The number of imidazole rings is 1. The third kappa shape index (κ3) is 2.86. The van der Waals surface area contributed by atoms with Crippen LogP contribution in [0.2, 0.25) is 0 Å². The van der Waals surface area contributed by atoms with Crippen LogP contribution in [0.5, 0.6) is 0 Å². The third-order valence-electron chi connectivity index (χ3n) is 5.16. The Hall–Kier alpha value is -2.44. The predicted molar refractivity (Wildman–Crippen MR) is 89.1 cm³/mol. The molecule has 2 N–H and O–H groups in total. The largest absolute Gasteiger partial charge is 0.347 e. The second-order valence-corrected chi connectivity index (χ2v) is 6.57. The second kappa shape index (κ2) is 6.59. The van der Waals surface area contributed by atoms with Gasteiger partial charge in [0.2, 0.25) is 11.9 Å². The minimum atomic E-state index is -0.199. The molecule has 1 aliphatic heterocycles. The molecule has 1 saturated heterocycles. The minimum absolute atomic E-state index is 0.0354. The summed E-state index contributed by atoms with van der Waals surface area (Å²) in [6.45, 7) is 0.418. The van der Waals surface area contributed by atoms with Crippen LogP contribution in [0.1, 0.15) is 37.9 Å². The average Bonchev–Trinajstić information content (AvgIpc) is 3.28. The van der Waals surface area contributed by atoms with Crippen molar-refractivity contribution in [2.75, 3.05) is 4.90 Å². The fraction of sp³-hybridized carbons (Fsp3) is 0.529. The van der Waals surface area contributed by atoms with Crippen LogP contribution in [-0.4, -0.2) is 37.9 Å². The first-order valence-corrected chi connectivity index (χ1v) is 8.64. The summed E-state index contributed by atoms with van der Waals surface area (Å²) in [6, 6.07) is 1.99. The smallest absolute Gasteiger partial charge is 0.243 e. The molecule has 1 aliphatic carbocycles. The van der Waals surface area contributed by atoms with Gasteiger partial charge in [0.25, 0.3) is 0 Å². The van der Waals surface area contributed by atoms with E-state index >= 15 is 0 Å². The van der Waals surface area contributed by atoms with Crippen LogP contribution < -0.4 is 10.2 Å². The number of aromatic amines is 1.